The Bertz CT molecular complexity index is 1470. The molecular formula is C32H38N6. The molecule has 0 bridgehead atoms. The number of rotatable bonds is 8. The van der Waals surface area contributed by atoms with Crippen molar-refractivity contribution in [1.82, 2.24) is 24.4 Å². The zero-order chi connectivity index (χ0) is 26.7. The number of nitrogen functional groups attached to an aromatic ring is 1. The molecule has 3 aromatic heterocycles. The zero-order valence-electron chi connectivity index (χ0n) is 23.0. The van der Waals surface area contributed by atoms with Crippen molar-refractivity contribution in [1.29, 1.82) is 0 Å². The van der Waals surface area contributed by atoms with Gasteiger partial charge < -0.3 is 5.73 Å². The van der Waals surface area contributed by atoms with Crippen LogP contribution >= 0.6 is 0 Å². The molecule has 196 valence electrons. The number of pyridine rings is 2. The maximum Gasteiger partial charge on any atom is 0.165 e. The van der Waals surface area contributed by atoms with Gasteiger partial charge in [0.2, 0.25) is 0 Å². The second-order valence-electron chi connectivity index (χ2n) is 10.3. The molecule has 2 N–H and O–H groups in total. The summed E-state index contributed by atoms with van der Waals surface area (Å²) in [5, 5.41) is 0. The Morgan fingerprint density at radius 2 is 1.82 bits per heavy atom. The first kappa shape index (κ1) is 25.9. The Morgan fingerprint density at radius 3 is 2.47 bits per heavy atom. The first-order valence-corrected chi connectivity index (χ1v) is 13.7. The molecule has 38 heavy (non-hydrogen) atoms. The van der Waals surface area contributed by atoms with Gasteiger partial charge in [0.1, 0.15) is 11.3 Å². The third-order valence-corrected chi connectivity index (χ3v) is 8.16. The minimum atomic E-state index is 0.452. The van der Waals surface area contributed by atoms with Crippen molar-refractivity contribution in [3.63, 3.8) is 0 Å². The van der Waals surface area contributed by atoms with E-state index in [1.807, 2.05) is 44.2 Å². The molecule has 1 aromatic carbocycles. The van der Waals surface area contributed by atoms with Gasteiger partial charge in [0, 0.05) is 25.0 Å². The number of aromatic nitrogens is 4. The van der Waals surface area contributed by atoms with Crippen LogP contribution in [0.5, 0.6) is 0 Å². The molecule has 1 aliphatic rings. The fourth-order valence-corrected chi connectivity index (χ4v) is 5.66. The molecule has 4 heterocycles. The molecule has 1 fully saturated rings. The van der Waals surface area contributed by atoms with Crippen LogP contribution in [0.15, 0.2) is 73.0 Å². The Balaban J connectivity index is 1.56. The van der Waals surface area contributed by atoms with Crippen LogP contribution in [-0.2, 0) is 6.54 Å². The van der Waals surface area contributed by atoms with Gasteiger partial charge in [-0.05, 0) is 92.6 Å². The van der Waals surface area contributed by atoms with E-state index in [1.54, 1.807) is 6.20 Å². The molecule has 0 radical (unpaired) electrons. The van der Waals surface area contributed by atoms with Crippen LogP contribution in [-0.4, -0.2) is 37.5 Å². The Morgan fingerprint density at radius 1 is 1.03 bits per heavy atom. The van der Waals surface area contributed by atoms with Crippen molar-refractivity contribution in [2.45, 2.75) is 53.5 Å². The number of likely N-dealkylation sites (tertiary alicyclic amines) is 1. The first-order chi connectivity index (χ1) is 18.5. The SMILES string of the molecule is C/C=C\C(=C/C)c1ccc2nc(-c3cccnc3N)n(-c3ccc(CN4CCC(CC)(CC)C4)cc3)c2n1. The maximum absolute atomic E-state index is 6.31. The largest absolute Gasteiger partial charge is 0.383 e. The molecular weight excluding hydrogens is 468 g/mol. The van der Waals surface area contributed by atoms with E-state index in [4.69, 9.17) is 15.7 Å². The van der Waals surface area contributed by atoms with Crippen LogP contribution in [0.2, 0.25) is 0 Å². The van der Waals surface area contributed by atoms with Crippen molar-refractivity contribution in [2.24, 2.45) is 5.41 Å². The molecule has 0 unspecified atom stereocenters. The standard InChI is InChI=1S/C32H38N6/c1-5-10-24(6-2)27-16-17-28-31(35-27)38(30(36-28)26-11-9-19-34-29(26)33)25-14-12-23(13-15-25)21-37-20-18-32(7-3,8-4)22-37/h5-6,9-17,19H,7-8,18,20-22H2,1-4H3,(H2,33,34)/b10-5-,24-6+. The van der Waals surface area contributed by atoms with Crippen LogP contribution in [0.4, 0.5) is 5.82 Å². The molecule has 1 saturated heterocycles. The fraction of sp³-hybridized carbons (Fsp3) is 0.344. The van der Waals surface area contributed by atoms with Crippen molar-refractivity contribution in [2.75, 3.05) is 18.8 Å². The highest BCUT2D eigenvalue weighted by atomic mass is 15.2. The summed E-state index contributed by atoms with van der Waals surface area (Å²) in [6.45, 7) is 12.1. The molecule has 0 aliphatic carbocycles. The number of anilines is 1. The van der Waals surface area contributed by atoms with Crippen molar-refractivity contribution >= 4 is 22.6 Å². The monoisotopic (exact) mass is 506 g/mol. The van der Waals surface area contributed by atoms with Crippen molar-refractivity contribution < 1.29 is 0 Å². The van der Waals surface area contributed by atoms with E-state index >= 15 is 0 Å². The molecule has 0 amide bonds. The summed E-state index contributed by atoms with van der Waals surface area (Å²) >= 11 is 0. The predicted molar refractivity (Wildman–Crippen MR) is 158 cm³/mol. The third kappa shape index (κ3) is 4.88. The number of allylic oxidation sites excluding steroid dienone is 4. The molecule has 6 nitrogen and oxygen atoms in total. The molecule has 0 atom stereocenters. The highest BCUT2D eigenvalue weighted by molar-refractivity contribution is 5.85. The Hall–Kier alpha value is -3.77. The minimum Gasteiger partial charge on any atom is -0.383 e. The van der Waals surface area contributed by atoms with Crippen LogP contribution in [0.3, 0.4) is 0 Å². The number of nitrogens with two attached hydrogens (primary N) is 1. The normalized spacial score (nSPS) is 16.2. The lowest BCUT2D eigenvalue weighted by molar-refractivity contribution is 0.236. The van der Waals surface area contributed by atoms with E-state index in [0.717, 1.165) is 46.1 Å². The minimum absolute atomic E-state index is 0.452. The molecule has 0 saturated carbocycles. The van der Waals surface area contributed by atoms with Gasteiger partial charge in [-0.3, -0.25) is 9.47 Å². The summed E-state index contributed by atoms with van der Waals surface area (Å²) in [6, 6.07) is 16.7. The smallest absolute Gasteiger partial charge is 0.165 e. The number of nitrogens with zero attached hydrogens (tertiary/aromatic N) is 5. The second-order valence-corrected chi connectivity index (χ2v) is 10.3. The second kappa shape index (κ2) is 10.9. The lowest BCUT2D eigenvalue weighted by Crippen LogP contribution is -2.26. The van der Waals surface area contributed by atoms with Gasteiger partial charge in [0.25, 0.3) is 0 Å². The van der Waals surface area contributed by atoms with Crippen molar-refractivity contribution in [3.8, 4) is 17.1 Å². The van der Waals surface area contributed by atoms with Gasteiger partial charge in [-0.2, -0.15) is 0 Å². The summed E-state index contributed by atoms with van der Waals surface area (Å²) in [5.74, 6) is 1.19. The van der Waals surface area contributed by atoms with E-state index in [9.17, 15) is 0 Å². The van der Waals surface area contributed by atoms with E-state index in [0.29, 0.717) is 11.2 Å². The summed E-state index contributed by atoms with van der Waals surface area (Å²) in [5.41, 5.74) is 13.5. The molecule has 5 rings (SSSR count). The van der Waals surface area contributed by atoms with Gasteiger partial charge >= 0.3 is 0 Å². The van der Waals surface area contributed by atoms with Gasteiger partial charge in [-0.25, -0.2) is 15.0 Å². The van der Waals surface area contributed by atoms with Gasteiger partial charge in [-0.15, -0.1) is 0 Å². The highest BCUT2D eigenvalue weighted by Gasteiger charge is 2.34. The van der Waals surface area contributed by atoms with Crippen molar-refractivity contribution in [3.05, 3.63) is 84.2 Å². The van der Waals surface area contributed by atoms with E-state index in [1.165, 1.54) is 37.9 Å². The number of benzene rings is 1. The average molecular weight is 507 g/mol. The van der Waals surface area contributed by atoms with E-state index < -0.39 is 0 Å². The molecule has 0 spiro atoms. The maximum atomic E-state index is 6.31. The van der Waals surface area contributed by atoms with Gasteiger partial charge in [0.15, 0.2) is 11.5 Å². The van der Waals surface area contributed by atoms with Crippen LogP contribution < -0.4 is 5.73 Å². The summed E-state index contributed by atoms with van der Waals surface area (Å²) in [7, 11) is 0. The summed E-state index contributed by atoms with van der Waals surface area (Å²) in [4.78, 5) is 17.0. The molecule has 6 heteroatoms. The summed E-state index contributed by atoms with van der Waals surface area (Å²) < 4.78 is 2.11. The number of fused-ring (bicyclic) bond motifs is 1. The topological polar surface area (TPSA) is 72.9 Å². The lowest BCUT2D eigenvalue weighted by Gasteiger charge is -2.26. The Labute approximate surface area is 225 Å². The number of hydrogen-bond donors (Lipinski definition) is 1. The van der Waals surface area contributed by atoms with Crippen LogP contribution in [0.25, 0.3) is 33.8 Å². The highest BCUT2D eigenvalue weighted by Crippen LogP contribution is 2.37. The van der Waals surface area contributed by atoms with Gasteiger partial charge in [-0.1, -0.05) is 44.2 Å². The average Bonchev–Trinajstić information content (AvgIpc) is 3.54. The van der Waals surface area contributed by atoms with Gasteiger partial charge in [0.05, 0.1) is 11.3 Å². The predicted octanol–water partition coefficient (Wildman–Crippen LogP) is 7.06. The quantitative estimate of drug-likeness (QED) is 0.259. The third-order valence-electron chi connectivity index (χ3n) is 8.16. The number of hydrogen-bond acceptors (Lipinski definition) is 5. The fourth-order valence-electron chi connectivity index (χ4n) is 5.66. The first-order valence-electron chi connectivity index (χ1n) is 13.7. The lowest BCUT2D eigenvalue weighted by atomic mass is 9.82. The van der Waals surface area contributed by atoms with E-state index in [2.05, 4.69) is 64.7 Å². The number of imidazole rings is 1. The molecule has 1 aliphatic heterocycles. The molecule has 4 aromatic rings. The van der Waals surface area contributed by atoms with E-state index in [-0.39, 0.29) is 0 Å². The van der Waals surface area contributed by atoms with Crippen LogP contribution in [0, 0.1) is 5.41 Å². The zero-order valence-corrected chi connectivity index (χ0v) is 23.0. The van der Waals surface area contributed by atoms with Crippen LogP contribution in [0.1, 0.15) is 58.2 Å². The summed E-state index contributed by atoms with van der Waals surface area (Å²) in [6.07, 6.45) is 11.7. The Kier molecular flexibility index (Phi) is 7.43.